The van der Waals surface area contributed by atoms with Crippen molar-refractivity contribution < 1.29 is 9.84 Å². The lowest BCUT2D eigenvalue weighted by molar-refractivity contribution is 0.130. The largest absolute Gasteiger partial charge is 0.388 e. The molecule has 1 aliphatic rings. The molecule has 16 heavy (non-hydrogen) atoms. The van der Waals surface area contributed by atoms with Gasteiger partial charge in [0, 0.05) is 25.0 Å². The Hall–Kier alpha value is -1.13. The minimum absolute atomic E-state index is 0.428. The standard InChI is InChI=1S/C12H18N2O2/c1-8-4-10(12(13)14-6-8)11(15)5-9-2-3-16-7-9/h4,6,9,11,15H,2-3,5,7H2,1H3,(H2,13,14). The van der Waals surface area contributed by atoms with E-state index in [1.54, 1.807) is 6.20 Å². The normalized spacial score (nSPS) is 22.2. The van der Waals surface area contributed by atoms with Gasteiger partial charge in [-0.05, 0) is 37.3 Å². The fourth-order valence-electron chi connectivity index (χ4n) is 2.08. The summed E-state index contributed by atoms with van der Waals surface area (Å²) in [6.45, 7) is 3.50. The quantitative estimate of drug-likeness (QED) is 0.811. The molecule has 1 aliphatic heterocycles. The first kappa shape index (κ1) is 11.4. The summed E-state index contributed by atoms with van der Waals surface area (Å²) in [4.78, 5) is 4.06. The van der Waals surface area contributed by atoms with Crippen LogP contribution in [0.3, 0.4) is 0 Å². The lowest BCUT2D eigenvalue weighted by Gasteiger charge is -2.16. The third-order valence-electron chi connectivity index (χ3n) is 3.03. The molecule has 3 N–H and O–H groups in total. The monoisotopic (exact) mass is 222 g/mol. The van der Waals surface area contributed by atoms with Crippen LogP contribution in [-0.4, -0.2) is 23.3 Å². The summed E-state index contributed by atoms with van der Waals surface area (Å²) in [5.41, 5.74) is 7.52. The van der Waals surface area contributed by atoms with Crippen LogP contribution in [0.4, 0.5) is 5.82 Å². The van der Waals surface area contributed by atoms with Gasteiger partial charge in [-0.25, -0.2) is 4.98 Å². The number of aryl methyl sites for hydroxylation is 1. The minimum atomic E-state index is -0.529. The van der Waals surface area contributed by atoms with Crippen molar-refractivity contribution in [1.82, 2.24) is 4.98 Å². The van der Waals surface area contributed by atoms with Crippen LogP contribution < -0.4 is 5.73 Å². The third-order valence-corrected chi connectivity index (χ3v) is 3.03. The zero-order valence-electron chi connectivity index (χ0n) is 9.52. The first-order valence-corrected chi connectivity index (χ1v) is 5.64. The van der Waals surface area contributed by atoms with Crippen LogP contribution in [0.5, 0.6) is 0 Å². The molecular formula is C12H18N2O2. The topological polar surface area (TPSA) is 68.4 Å². The Morgan fingerprint density at radius 1 is 1.69 bits per heavy atom. The maximum atomic E-state index is 10.1. The van der Waals surface area contributed by atoms with Gasteiger partial charge < -0.3 is 15.6 Å². The Morgan fingerprint density at radius 2 is 2.50 bits per heavy atom. The second kappa shape index (κ2) is 4.80. The molecule has 2 atom stereocenters. The Morgan fingerprint density at radius 3 is 3.19 bits per heavy atom. The Kier molecular flexibility index (Phi) is 3.41. The van der Waals surface area contributed by atoms with Crippen molar-refractivity contribution >= 4 is 5.82 Å². The summed E-state index contributed by atoms with van der Waals surface area (Å²) in [6, 6.07) is 1.91. The molecule has 4 nitrogen and oxygen atoms in total. The highest BCUT2D eigenvalue weighted by Crippen LogP contribution is 2.28. The zero-order valence-corrected chi connectivity index (χ0v) is 9.52. The highest BCUT2D eigenvalue weighted by atomic mass is 16.5. The summed E-state index contributed by atoms with van der Waals surface area (Å²) >= 11 is 0. The number of nitrogen functional groups attached to an aromatic ring is 1. The average molecular weight is 222 g/mol. The molecule has 1 aromatic heterocycles. The Balaban J connectivity index is 2.07. The van der Waals surface area contributed by atoms with E-state index in [1.807, 2.05) is 13.0 Å². The predicted molar refractivity (Wildman–Crippen MR) is 61.9 cm³/mol. The minimum Gasteiger partial charge on any atom is -0.388 e. The smallest absolute Gasteiger partial charge is 0.129 e. The van der Waals surface area contributed by atoms with E-state index in [2.05, 4.69) is 4.98 Å². The second-order valence-corrected chi connectivity index (χ2v) is 4.47. The van der Waals surface area contributed by atoms with Gasteiger partial charge in [0.15, 0.2) is 0 Å². The van der Waals surface area contributed by atoms with Gasteiger partial charge in [0.1, 0.15) is 5.82 Å². The second-order valence-electron chi connectivity index (χ2n) is 4.47. The molecule has 88 valence electrons. The van der Waals surface area contributed by atoms with Gasteiger partial charge in [-0.2, -0.15) is 0 Å². The highest BCUT2D eigenvalue weighted by Gasteiger charge is 2.21. The van der Waals surface area contributed by atoms with Crippen LogP contribution in [-0.2, 0) is 4.74 Å². The molecule has 0 aromatic carbocycles. The van der Waals surface area contributed by atoms with Crippen molar-refractivity contribution in [1.29, 1.82) is 0 Å². The van der Waals surface area contributed by atoms with Crippen LogP contribution in [0.1, 0.15) is 30.1 Å². The van der Waals surface area contributed by atoms with Gasteiger partial charge in [0.05, 0.1) is 6.10 Å². The van der Waals surface area contributed by atoms with Crippen molar-refractivity contribution in [3.05, 3.63) is 23.4 Å². The number of aromatic nitrogens is 1. The summed E-state index contributed by atoms with van der Waals surface area (Å²) in [5.74, 6) is 0.868. The number of ether oxygens (including phenoxy) is 1. The van der Waals surface area contributed by atoms with Crippen molar-refractivity contribution in [2.75, 3.05) is 18.9 Å². The average Bonchev–Trinajstić information content (AvgIpc) is 2.74. The van der Waals surface area contributed by atoms with E-state index in [0.717, 1.165) is 30.8 Å². The van der Waals surface area contributed by atoms with Crippen molar-refractivity contribution in [3.63, 3.8) is 0 Å². The van der Waals surface area contributed by atoms with E-state index in [1.165, 1.54) is 0 Å². The fraction of sp³-hybridized carbons (Fsp3) is 0.583. The zero-order chi connectivity index (χ0) is 11.5. The molecule has 0 spiro atoms. The van der Waals surface area contributed by atoms with Crippen molar-refractivity contribution in [2.45, 2.75) is 25.9 Å². The van der Waals surface area contributed by atoms with E-state index in [-0.39, 0.29) is 0 Å². The van der Waals surface area contributed by atoms with Gasteiger partial charge in [-0.3, -0.25) is 0 Å². The number of nitrogens with two attached hydrogens (primary N) is 1. The molecule has 1 fully saturated rings. The Bertz CT molecular complexity index is 362. The third kappa shape index (κ3) is 2.51. The predicted octanol–water partition coefficient (Wildman–Crippen LogP) is 1.43. The number of hydrogen-bond donors (Lipinski definition) is 2. The molecule has 0 radical (unpaired) electrons. The number of aliphatic hydroxyl groups is 1. The van der Waals surface area contributed by atoms with E-state index in [9.17, 15) is 5.11 Å². The lowest BCUT2D eigenvalue weighted by Crippen LogP contribution is -2.10. The van der Waals surface area contributed by atoms with Gasteiger partial charge >= 0.3 is 0 Å². The van der Waals surface area contributed by atoms with Crippen LogP contribution in [0, 0.1) is 12.8 Å². The number of rotatable bonds is 3. The molecule has 4 heteroatoms. The molecule has 2 heterocycles. The number of pyridine rings is 1. The maximum Gasteiger partial charge on any atom is 0.129 e. The molecule has 0 aliphatic carbocycles. The lowest BCUT2D eigenvalue weighted by atomic mass is 9.96. The van der Waals surface area contributed by atoms with Crippen LogP contribution in [0.25, 0.3) is 0 Å². The maximum absolute atomic E-state index is 10.1. The Labute approximate surface area is 95.4 Å². The first-order valence-electron chi connectivity index (χ1n) is 5.64. The summed E-state index contributed by atoms with van der Waals surface area (Å²) in [7, 11) is 0. The van der Waals surface area contributed by atoms with Crippen molar-refractivity contribution in [3.8, 4) is 0 Å². The summed E-state index contributed by atoms with van der Waals surface area (Å²) < 4.78 is 5.29. The summed E-state index contributed by atoms with van der Waals surface area (Å²) in [5, 5.41) is 10.1. The van der Waals surface area contributed by atoms with E-state index in [0.29, 0.717) is 18.2 Å². The van der Waals surface area contributed by atoms with Gasteiger partial charge in [0.25, 0.3) is 0 Å². The highest BCUT2D eigenvalue weighted by molar-refractivity contribution is 5.42. The molecule has 0 amide bonds. The molecule has 1 aromatic rings. The number of aliphatic hydroxyl groups excluding tert-OH is 1. The molecule has 2 unspecified atom stereocenters. The van der Waals surface area contributed by atoms with Crippen LogP contribution >= 0.6 is 0 Å². The number of nitrogens with zero attached hydrogens (tertiary/aromatic N) is 1. The van der Waals surface area contributed by atoms with Crippen molar-refractivity contribution in [2.24, 2.45) is 5.92 Å². The SMILES string of the molecule is Cc1cnc(N)c(C(O)CC2CCOC2)c1. The molecule has 0 bridgehead atoms. The van der Waals surface area contributed by atoms with E-state index >= 15 is 0 Å². The van der Waals surface area contributed by atoms with Gasteiger partial charge in [0.2, 0.25) is 0 Å². The molecule has 0 saturated carbocycles. The van der Waals surface area contributed by atoms with Crippen LogP contribution in [0.15, 0.2) is 12.3 Å². The number of anilines is 1. The van der Waals surface area contributed by atoms with Gasteiger partial charge in [-0.1, -0.05) is 0 Å². The van der Waals surface area contributed by atoms with Gasteiger partial charge in [-0.15, -0.1) is 0 Å². The van der Waals surface area contributed by atoms with E-state index < -0.39 is 6.10 Å². The summed E-state index contributed by atoms with van der Waals surface area (Å²) in [6.07, 6.45) is 2.91. The first-order chi connectivity index (χ1) is 7.66. The molecule has 1 saturated heterocycles. The molecule has 2 rings (SSSR count). The number of hydrogen-bond acceptors (Lipinski definition) is 4. The van der Waals surface area contributed by atoms with E-state index in [4.69, 9.17) is 10.5 Å². The van der Waals surface area contributed by atoms with Crippen LogP contribution in [0.2, 0.25) is 0 Å². The fourth-order valence-corrected chi connectivity index (χ4v) is 2.08. The molecular weight excluding hydrogens is 204 g/mol.